The standard InChI is InChI=1S/C9H19NO3/c1-4-9(2,3)13-8(12)10-6-5-7-11/h11H,4-7H2,1-3H3,(H,10,12). The van der Waals surface area contributed by atoms with Crippen LogP contribution in [0.3, 0.4) is 0 Å². The molecule has 0 saturated carbocycles. The lowest BCUT2D eigenvalue weighted by Crippen LogP contribution is -2.34. The van der Waals surface area contributed by atoms with Gasteiger partial charge >= 0.3 is 6.09 Å². The number of carbonyl (C=O) groups is 1. The summed E-state index contributed by atoms with van der Waals surface area (Å²) in [7, 11) is 0. The first-order chi connectivity index (χ1) is 6.02. The molecule has 0 aliphatic rings. The molecule has 4 heteroatoms. The number of hydrogen-bond acceptors (Lipinski definition) is 3. The number of alkyl carbamates (subject to hydrolysis) is 1. The maximum absolute atomic E-state index is 11.1. The first-order valence-corrected chi connectivity index (χ1v) is 4.59. The number of rotatable bonds is 5. The summed E-state index contributed by atoms with van der Waals surface area (Å²) in [4.78, 5) is 11.1. The third-order valence-corrected chi connectivity index (χ3v) is 1.82. The Morgan fingerprint density at radius 1 is 1.54 bits per heavy atom. The molecule has 0 fully saturated rings. The van der Waals surface area contributed by atoms with Crippen LogP contribution in [0.25, 0.3) is 0 Å². The van der Waals surface area contributed by atoms with E-state index in [4.69, 9.17) is 9.84 Å². The Kier molecular flexibility index (Phi) is 5.46. The molecule has 0 atom stereocenters. The molecule has 0 spiro atoms. The van der Waals surface area contributed by atoms with Gasteiger partial charge in [-0.1, -0.05) is 6.92 Å². The zero-order valence-corrected chi connectivity index (χ0v) is 8.59. The van der Waals surface area contributed by atoms with Crippen LogP contribution in [0.1, 0.15) is 33.6 Å². The van der Waals surface area contributed by atoms with E-state index < -0.39 is 11.7 Å². The van der Waals surface area contributed by atoms with E-state index in [-0.39, 0.29) is 6.61 Å². The van der Waals surface area contributed by atoms with E-state index in [1.807, 2.05) is 20.8 Å². The topological polar surface area (TPSA) is 58.6 Å². The van der Waals surface area contributed by atoms with Crippen molar-refractivity contribution in [2.24, 2.45) is 0 Å². The Labute approximate surface area is 79.3 Å². The Balaban J connectivity index is 3.62. The molecule has 0 radical (unpaired) electrons. The lowest BCUT2D eigenvalue weighted by molar-refractivity contribution is 0.0361. The molecule has 2 N–H and O–H groups in total. The van der Waals surface area contributed by atoms with Gasteiger partial charge in [0, 0.05) is 13.2 Å². The number of aliphatic hydroxyl groups excluding tert-OH is 1. The van der Waals surface area contributed by atoms with Crippen molar-refractivity contribution in [3.8, 4) is 0 Å². The number of nitrogens with one attached hydrogen (secondary N) is 1. The first-order valence-electron chi connectivity index (χ1n) is 4.59. The fourth-order valence-electron chi connectivity index (χ4n) is 0.629. The van der Waals surface area contributed by atoms with E-state index >= 15 is 0 Å². The minimum absolute atomic E-state index is 0.0808. The van der Waals surface area contributed by atoms with Crippen molar-refractivity contribution in [1.29, 1.82) is 0 Å². The Morgan fingerprint density at radius 3 is 2.62 bits per heavy atom. The molecular formula is C9H19NO3. The van der Waals surface area contributed by atoms with Crippen LogP contribution < -0.4 is 5.32 Å². The number of ether oxygens (including phenoxy) is 1. The Morgan fingerprint density at radius 2 is 2.15 bits per heavy atom. The highest BCUT2D eigenvalue weighted by molar-refractivity contribution is 5.67. The molecule has 0 unspecified atom stereocenters. The predicted molar refractivity (Wildman–Crippen MR) is 50.6 cm³/mol. The van der Waals surface area contributed by atoms with E-state index in [2.05, 4.69) is 5.32 Å². The molecule has 78 valence electrons. The van der Waals surface area contributed by atoms with Crippen LogP contribution in [0.5, 0.6) is 0 Å². The van der Waals surface area contributed by atoms with Gasteiger partial charge in [0.15, 0.2) is 0 Å². The van der Waals surface area contributed by atoms with Gasteiger partial charge in [0.05, 0.1) is 0 Å². The summed E-state index contributed by atoms with van der Waals surface area (Å²) < 4.78 is 5.10. The molecule has 1 amide bonds. The molecule has 0 aromatic carbocycles. The number of hydrogen-bond donors (Lipinski definition) is 2. The summed E-state index contributed by atoms with van der Waals surface area (Å²) in [6.45, 7) is 6.21. The van der Waals surface area contributed by atoms with Crippen molar-refractivity contribution in [2.75, 3.05) is 13.2 Å². The summed E-state index contributed by atoms with van der Waals surface area (Å²) in [5, 5.41) is 11.0. The summed E-state index contributed by atoms with van der Waals surface area (Å²) >= 11 is 0. The predicted octanol–water partition coefficient (Wildman–Crippen LogP) is 1.28. The van der Waals surface area contributed by atoms with Gasteiger partial charge in [-0.05, 0) is 26.7 Å². The molecule has 0 bridgehead atoms. The lowest BCUT2D eigenvalue weighted by atomic mass is 10.1. The van der Waals surface area contributed by atoms with E-state index in [9.17, 15) is 4.79 Å². The van der Waals surface area contributed by atoms with Gasteiger partial charge in [0.1, 0.15) is 5.60 Å². The molecule has 0 saturated heterocycles. The highest BCUT2D eigenvalue weighted by Crippen LogP contribution is 2.13. The molecule has 4 nitrogen and oxygen atoms in total. The summed E-state index contributed by atoms with van der Waals surface area (Å²) in [6, 6.07) is 0. The zero-order chi connectivity index (χ0) is 10.3. The van der Waals surface area contributed by atoms with Gasteiger partial charge in [-0.2, -0.15) is 0 Å². The van der Waals surface area contributed by atoms with Crippen LogP contribution in [0.15, 0.2) is 0 Å². The highest BCUT2D eigenvalue weighted by atomic mass is 16.6. The maximum atomic E-state index is 11.1. The second kappa shape index (κ2) is 5.80. The average molecular weight is 189 g/mol. The van der Waals surface area contributed by atoms with Gasteiger partial charge in [0.25, 0.3) is 0 Å². The summed E-state index contributed by atoms with van der Waals surface area (Å²) in [5.74, 6) is 0. The van der Waals surface area contributed by atoms with Crippen LogP contribution in [0, 0.1) is 0 Å². The van der Waals surface area contributed by atoms with Gasteiger partial charge in [-0.15, -0.1) is 0 Å². The van der Waals surface area contributed by atoms with Gasteiger partial charge < -0.3 is 15.2 Å². The Bertz CT molecular complexity index is 157. The smallest absolute Gasteiger partial charge is 0.407 e. The van der Waals surface area contributed by atoms with Crippen LogP contribution in [-0.4, -0.2) is 30.0 Å². The highest BCUT2D eigenvalue weighted by Gasteiger charge is 2.19. The van der Waals surface area contributed by atoms with E-state index in [1.54, 1.807) is 0 Å². The maximum Gasteiger partial charge on any atom is 0.407 e. The Hall–Kier alpha value is -0.770. The van der Waals surface area contributed by atoms with E-state index in [0.717, 1.165) is 6.42 Å². The monoisotopic (exact) mass is 189 g/mol. The van der Waals surface area contributed by atoms with Crippen molar-refractivity contribution in [3.05, 3.63) is 0 Å². The zero-order valence-electron chi connectivity index (χ0n) is 8.59. The largest absolute Gasteiger partial charge is 0.444 e. The fourth-order valence-corrected chi connectivity index (χ4v) is 0.629. The molecule has 0 aliphatic carbocycles. The molecule has 0 heterocycles. The minimum atomic E-state index is -0.416. The first kappa shape index (κ1) is 12.2. The van der Waals surface area contributed by atoms with Crippen LogP contribution >= 0.6 is 0 Å². The van der Waals surface area contributed by atoms with Crippen LogP contribution in [0.4, 0.5) is 4.79 Å². The normalized spacial score (nSPS) is 11.1. The quantitative estimate of drug-likeness (QED) is 0.640. The third-order valence-electron chi connectivity index (χ3n) is 1.82. The van der Waals surface area contributed by atoms with Crippen molar-refractivity contribution in [3.63, 3.8) is 0 Å². The van der Waals surface area contributed by atoms with E-state index in [1.165, 1.54) is 0 Å². The van der Waals surface area contributed by atoms with Crippen LogP contribution in [-0.2, 0) is 4.74 Å². The van der Waals surface area contributed by atoms with Gasteiger partial charge in [-0.25, -0.2) is 4.79 Å². The SMILES string of the molecule is CCC(C)(C)OC(=O)NCCCO. The third kappa shape index (κ3) is 6.40. The van der Waals surface area contributed by atoms with Gasteiger partial charge in [0.2, 0.25) is 0 Å². The molecule has 0 aromatic heterocycles. The summed E-state index contributed by atoms with van der Waals surface area (Å²) in [6.07, 6.45) is 0.919. The van der Waals surface area contributed by atoms with Crippen LogP contribution in [0.2, 0.25) is 0 Å². The number of amides is 1. The average Bonchev–Trinajstić information content (AvgIpc) is 2.04. The molecule has 0 aromatic rings. The van der Waals surface area contributed by atoms with Crippen molar-refractivity contribution < 1.29 is 14.6 Å². The number of aliphatic hydroxyl groups is 1. The minimum Gasteiger partial charge on any atom is -0.444 e. The summed E-state index contributed by atoms with van der Waals surface area (Å²) in [5.41, 5.74) is -0.413. The van der Waals surface area contributed by atoms with E-state index in [0.29, 0.717) is 13.0 Å². The van der Waals surface area contributed by atoms with Crippen molar-refractivity contribution >= 4 is 6.09 Å². The van der Waals surface area contributed by atoms with Crippen molar-refractivity contribution in [1.82, 2.24) is 5.32 Å². The molecule has 0 aliphatic heterocycles. The van der Waals surface area contributed by atoms with Gasteiger partial charge in [-0.3, -0.25) is 0 Å². The second-order valence-corrected chi connectivity index (χ2v) is 3.51. The molecular weight excluding hydrogens is 170 g/mol. The number of carbonyl (C=O) groups excluding carboxylic acids is 1. The molecule has 0 rings (SSSR count). The fraction of sp³-hybridized carbons (Fsp3) is 0.889. The molecule has 13 heavy (non-hydrogen) atoms. The second-order valence-electron chi connectivity index (χ2n) is 3.51. The lowest BCUT2D eigenvalue weighted by Gasteiger charge is -2.23. The van der Waals surface area contributed by atoms with Crippen molar-refractivity contribution in [2.45, 2.75) is 39.2 Å².